The minimum atomic E-state index is -4.85. The van der Waals surface area contributed by atoms with Gasteiger partial charge in [-0.1, -0.05) is 38.3 Å². The average Bonchev–Trinajstić information content (AvgIpc) is 2.99. The van der Waals surface area contributed by atoms with Crippen LogP contribution in [-0.4, -0.2) is 13.2 Å². The van der Waals surface area contributed by atoms with Crippen LogP contribution >= 0.6 is 0 Å². The first-order valence-corrected chi connectivity index (χ1v) is 14.5. The van der Waals surface area contributed by atoms with Crippen molar-refractivity contribution in [2.24, 2.45) is 5.92 Å². The second-order valence-electron chi connectivity index (χ2n) is 11.0. The van der Waals surface area contributed by atoms with Crippen LogP contribution in [-0.2, 0) is 15.6 Å². The van der Waals surface area contributed by atoms with E-state index in [2.05, 4.69) is 11.7 Å². The Kier molecular flexibility index (Phi) is 10.2. The molecule has 0 bridgehead atoms. The highest BCUT2D eigenvalue weighted by Crippen LogP contribution is 2.40. The van der Waals surface area contributed by atoms with E-state index in [1.54, 1.807) is 0 Å². The number of hydrogen-bond donors (Lipinski definition) is 0. The van der Waals surface area contributed by atoms with E-state index in [1.165, 1.54) is 12.1 Å². The molecule has 5 rings (SSSR count). The number of ether oxygens (including phenoxy) is 3. The quantitative estimate of drug-likeness (QED) is 0.0954. The van der Waals surface area contributed by atoms with Gasteiger partial charge in [0.2, 0.25) is 0 Å². The Morgan fingerprint density at radius 3 is 1.81 bits per heavy atom. The average molecular weight is 673 g/mol. The molecule has 0 spiro atoms. The summed E-state index contributed by atoms with van der Waals surface area (Å²) in [5, 5.41) is 0. The summed E-state index contributed by atoms with van der Waals surface area (Å²) in [6.45, 7) is 2.90. The summed E-state index contributed by atoms with van der Waals surface area (Å²) in [4.78, 5) is 0. The molecule has 4 aromatic carbocycles. The SMILES string of the molecule is CCCCCC1COC(c2ccc(-c3cc(F)c(C(F)(F)Oc4cc(F)c(-c5cc(F)c(F)c(F)c5)c(F)c4)c(F)c3)c(F)c2)OC1. The molecule has 47 heavy (non-hydrogen) atoms. The first-order valence-electron chi connectivity index (χ1n) is 14.5. The van der Waals surface area contributed by atoms with Crippen LogP contribution in [0.5, 0.6) is 5.75 Å². The molecule has 13 heteroatoms. The van der Waals surface area contributed by atoms with Gasteiger partial charge in [0, 0.05) is 29.2 Å². The van der Waals surface area contributed by atoms with Crippen molar-refractivity contribution in [1.82, 2.24) is 0 Å². The highest BCUT2D eigenvalue weighted by molar-refractivity contribution is 5.67. The predicted octanol–water partition coefficient (Wildman–Crippen LogP) is 10.5. The van der Waals surface area contributed by atoms with Crippen molar-refractivity contribution in [3.05, 3.63) is 112 Å². The molecule has 250 valence electrons. The standard InChI is InChI=1S/C34H26F10O3/c1-2-3-4-5-17-15-45-33(46-16-17)18-6-7-22(23(35)8-18)19-9-26(38)31(27(39)10-19)34(43,44)47-21-13-24(36)30(25(37)14-21)20-11-28(40)32(42)29(41)12-20/h6-14,17,33H,2-5,15-16H2,1H3. The predicted molar refractivity (Wildman–Crippen MR) is 150 cm³/mol. The molecule has 0 atom stereocenters. The Labute approximate surface area is 262 Å². The van der Waals surface area contributed by atoms with Crippen molar-refractivity contribution in [1.29, 1.82) is 0 Å². The van der Waals surface area contributed by atoms with E-state index in [9.17, 15) is 39.5 Å². The molecule has 0 radical (unpaired) electrons. The number of unbranched alkanes of at least 4 members (excludes halogenated alkanes) is 2. The lowest BCUT2D eigenvalue weighted by molar-refractivity contribution is -0.206. The Balaban J connectivity index is 1.34. The molecule has 0 amide bonds. The molecule has 1 aliphatic heterocycles. The molecular formula is C34H26F10O3. The fourth-order valence-electron chi connectivity index (χ4n) is 5.29. The molecule has 3 nitrogen and oxygen atoms in total. The summed E-state index contributed by atoms with van der Waals surface area (Å²) in [5.74, 6) is -14.5. The highest BCUT2D eigenvalue weighted by Gasteiger charge is 2.42. The topological polar surface area (TPSA) is 27.7 Å². The van der Waals surface area contributed by atoms with Crippen molar-refractivity contribution in [2.75, 3.05) is 13.2 Å². The maximum absolute atomic E-state index is 15.1. The molecule has 1 fully saturated rings. The maximum atomic E-state index is 15.1. The first kappa shape index (κ1) is 34.2. The highest BCUT2D eigenvalue weighted by atomic mass is 19.3. The lowest BCUT2D eigenvalue weighted by Gasteiger charge is -2.29. The van der Waals surface area contributed by atoms with E-state index in [4.69, 9.17) is 9.47 Å². The third-order valence-corrected chi connectivity index (χ3v) is 7.63. The zero-order valence-corrected chi connectivity index (χ0v) is 24.6. The van der Waals surface area contributed by atoms with Crippen LogP contribution in [0, 0.1) is 52.5 Å². The normalized spacial score (nSPS) is 16.8. The van der Waals surface area contributed by atoms with Crippen LogP contribution in [0.25, 0.3) is 22.3 Å². The van der Waals surface area contributed by atoms with Crippen molar-refractivity contribution < 1.29 is 58.1 Å². The van der Waals surface area contributed by atoms with Gasteiger partial charge in [0.25, 0.3) is 0 Å². The molecular weight excluding hydrogens is 646 g/mol. The van der Waals surface area contributed by atoms with E-state index in [1.807, 2.05) is 0 Å². The molecule has 0 unspecified atom stereocenters. The van der Waals surface area contributed by atoms with Gasteiger partial charge in [-0.15, -0.1) is 0 Å². The number of hydrogen-bond acceptors (Lipinski definition) is 3. The molecule has 0 N–H and O–H groups in total. The maximum Gasteiger partial charge on any atom is 0.432 e. The summed E-state index contributed by atoms with van der Waals surface area (Å²) in [6, 6.07) is 5.41. The molecule has 1 saturated heterocycles. The minimum Gasteiger partial charge on any atom is -0.429 e. The summed E-state index contributed by atoms with van der Waals surface area (Å²) in [5.41, 5.74) is -4.32. The first-order chi connectivity index (χ1) is 22.3. The van der Waals surface area contributed by atoms with Gasteiger partial charge in [-0.2, -0.15) is 8.78 Å². The fraction of sp³-hybridized carbons (Fsp3) is 0.294. The summed E-state index contributed by atoms with van der Waals surface area (Å²) < 4.78 is 161. The Morgan fingerprint density at radius 1 is 0.681 bits per heavy atom. The smallest absolute Gasteiger partial charge is 0.429 e. The molecule has 0 aliphatic carbocycles. The molecule has 1 aliphatic rings. The van der Waals surface area contributed by atoms with Gasteiger partial charge < -0.3 is 14.2 Å². The van der Waals surface area contributed by atoms with Crippen molar-refractivity contribution in [3.8, 4) is 28.0 Å². The van der Waals surface area contributed by atoms with Gasteiger partial charge in [0.05, 0.1) is 18.8 Å². The van der Waals surface area contributed by atoms with Crippen LogP contribution in [0.1, 0.15) is 50.0 Å². The van der Waals surface area contributed by atoms with Crippen LogP contribution in [0.3, 0.4) is 0 Å². The van der Waals surface area contributed by atoms with Crippen LogP contribution in [0.2, 0.25) is 0 Å². The van der Waals surface area contributed by atoms with E-state index in [0.29, 0.717) is 30.9 Å². The van der Waals surface area contributed by atoms with Crippen molar-refractivity contribution in [2.45, 2.75) is 45.0 Å². The van der Waals surface area contributed by atoms with Gasteiger partial charge in [-0.3, -0.25) is 0 Å². The van der Waals surface area contributed by atoms with Gasteiger partial charge >= 0.3 is 6.11 Å². The zero-order chi connectivity index (χ0) is 34.0. The monoisotopic (exact) mass is 672 g/mol. The summed E-state index contributed by atoms with van der Waals surface area (Å²) in [6.07, 6.45) is -1.61. The lowest BCUT2D eigenvalue weighted by Crippen LogP contribution is -2.27. The number of rotatable bonds is 10. The molecule has 1 heterocycles. The second-order valence-corrected chi connectivity index (χ2v) is 11.0. The minimum absolute atomic E-state index is 0.180. The number of alkyl halides is 2. The Bertz CT molecular complexity index is 1700. The van der Waals surface area contributed by atoms with Gasteiger partial charge in [-0.25, -0.2) is 35.1 Å². The molecule has 0 saturated carbocycles. The van der Waals surface area contributed by atoms with E-state index >= 15 is 4.39 Å². The van der Waals surface area contributed by atoms with Gasteiger partial charge in [-0.05, 0) is 47.9 Å². The van der Waals surface area contributed by atoms with E-state index in [-0.39, 0.29) is 35.7 Å². The molecule has 4 aromatic rings. The second kappa shape index (κ2) is 13.9. The fourth-order valence-corrected chi connectivity index (χ4v) is 5.29. The zero-order valence-electron chi connectivity index (χ0n) is 24.6. The van der Waals surface area contributed by atoms with Crippen LogP contribution < -0.4 is 4.74 Å². The van der Waals surface area contributed by atoms with Crippen LogP contribution in [0.15, 0.2) is 54.6 Å². The third kappa shape index (κ3) is 7.41. The van der Waals surface area contributed by atoms with Crippen molar-refractivity contribution in [3.63, 3.8) is 0 Å². The van der Waals surface area contributed by atoms with E-state index in [0.717, 1.165) is 31.7 Å². The van der Waals surface area contributed by atoms with Crippen molar-refractivity contribution >= 4 is 0 Å². The third-order valence-electron chi connectivity index (χ3n) is 7.63. The Morgan fingerprint density at radius 2 is 1.26 bits per heavy atom. The number of benzene rings is 4. The van der Waals surface area contributed by atoms with E-state index < -0.39 is 86.9 Å². The van der Waals surface area contributed by atoms with Gasteiger partial charge in [0.15, 0.2) is 23.7 Å². The largest absolute Gasteiger partial charge is 0.432 e. The van der Waals surface area contributed by atoms with Gasteiger partial charge in [0.1, 0.15) is 40.4 Å². The summed E-state index contributed by atoms with van der Waals surface area (Å²) >= 11 is 0. The summed E-state index contributed by atoms with van der Waals surface area (Å²) in [7, 11) is 0. The van der Waals surface area contributed by atoms with Crippen LogP contribution in [0.4, 0.5) is 43.9 Å². The Hall–Kier alpha value is -4.10. The number of halogens is 10. The molecule has 0 aromatic heterocycles. The lowest BCUT2D eigenvalue weighted by atomic mass is 9.99.